The lowest BCUT2D eigenvalue weighted by Gasteiger charge is -2.11. The maximum absolute atomic E-state index is 11.3. The molecule has 4 nitrogen and oxygen atoms in total. The fourth-order valence-electron chi connectivity index (χ4n) is 1.58. The smallest absolute Gasteiger partial charge is 0.269 e. The molecule has 0 amide bonds. The summed E-state index contributed by atoms with van der Waals surface area (Å²) in [4.78, 5) is 10.1. The summed E-state index contributed by atoms with van der Waals surface area (Å²) in [6.07, 6.45) is 3.47. The molecule has 0 N–H and O–H groups in total. The van der Waals surface area contributed by atoms with E-state index in [1.807, 2.05) is 0 Å². The highest BCUT2D eigenvalue weighted by Gasteiger charge is 2.02. The average molecular weight is 309 g/mol. The molecule has 2 rings (SSSR count). The SMILES string of the molecule is O=[N+]([O-])c1ccc(/C=C/c2cc(Cl)c([O-])c(Cl)c2)cc1. The van der Waals surface area contributed by atoms with Gasteiger partial charge in [-0.1, -0.05) is 41.1 Å². The summed E-state index contributed by atoms with van der Waals surface area (Å²) in [5.41, 5.74) is 1.50. The van der Waals surface area contributed by atoms with Crippen LogP contribution in [0.2, 0.25) is 10.0 Å². The molecule has 0 atom stereocenters. The van der Waals surface area contributed by atoms with E-state index < -0.39 is 10.7 Å². The first-order chi connectivity index (χ1) is 9.47. The maximum atomic E-state index is 11.3. The first-order valence-corrected chi connectivity index (χ1v) is 6.31. The Balaban J connectivity index is 2.23. The van der Waals surface area contributed by atoms with Gasteiger partial charge in [-0.3, -0.25) is 10.1 Å². The van der Waals surface area contributed by atoms with Crippen LogP contribution in [0.4, 0.5) is 5.69 Å². The zero-order valence-corrected chi connectivity index (χ0v) is 11.6. The molecule has 0 heterocycles. The number of nitro benzene ring substituents is 1. The molecule has 0 aliphatic carbocycles. The van der Waals surface area contributed by atoms with E-state index in [0.29, 0.717) is 5.56 Å². The minimum atomic E-state index is -0.458. The van der Waals surface area contributed by atoms with Crippen molar-refractivity contribution in [2.24, 2.45) is 0 Å². The molecule has 0 fully saturated rings. The van der Waals surface area contributed by atoms with Gasteiger partial charge in [-0.15, -0.1) is 0 Å². The minimum Gasteiger partial charge on any atom is -0.870 e. The lowest BCUT2D eigenvalue weighted by molar-refractivity contribution is -0.384. The van der Waals surface area contributed by atoms with E-state index in [0.717, 1.165) is 5.56 Å². The van der Waals surface area contributed by atoms with E-state index in [-0.39, 0.29) is 15.7 Å². The summed E-state index contributed by atoms with van der Waals surface area (Å²) in [5, 5.41) is 22.0. The molecule has 2 aromatic rings. The number of hydrogen-bond donors (Lipinski definition) is 0. The standard InChI is InChI=1S/C14H9Cl2NO3/c15-12-7-10(8-13(16)14(12)18)2-1-9-3-5-11(6-4-9)17(19)20/h1-8,18H/p-1/b2-1+. The molecule has 0 aliphatic heterocycles. The lowest BCUT2D eigenvalue weighted by Crippen LogP contribution is -1.92. The first kappa shape index (κ1) is 14.4. The third-order valence-corrected chi connectivity index (χ3v) is 3.15. The normalized spacial score (nSPS) is 10.9. The summed E-state index contributed by atoms with van der Waals surface area (Å²) in [5.74, 6) is -0.402. The van der Waals surface area contributed by atoms with Crippen LogP contribution in [0.3, 0.4) is 0 Å². The molecular formula is C14H8Cl2NO3-. The second-order valence-electron chi connectivity index (χ2n) is 4.00. The number of benzene rings is 2. The molecule has 0 bridgehead atoms. The Kier molecular flexibility index (Phi) is 4.27. The predicted molar refractivity (Wildman–Crippen MR) is 77.9 cm³/mol. The Labute approximate surface area is 125 Å². The summed E-state index contributed by atoms with van der Waals surface area (Å²) in [6, 6.07) is 9.11. The topological polar surface area (TPSA) is 66.2 Å². The fraction of sp³-hybridized carbons (Fsp3) is 0. The fourth-order valence-corrected chi connectivity index (χ4v) is 2.08. The van der Waals surface area contributed by atoms with Crippen molar-refractivity contribution >= 4 is 41.0 Å². The number of halogens is 2. The highest BCUT2D eigenvalue weighted by atomic mass is 35.5. The van der Waals surface area contributed by atoms with Gasteiger partial charge < -0.3 is 5.11 Å². The Morgan fingerprint density at radius 1 is 0.950 bits per heavy atom. The van der Waals surface area contributed by atoms with Crippen molar-refractivity contribution in [3.05, 3.63) is 67.7 Å². The Hall–Kier alpha value is -2.04. The summed E-state index contributed by atoms with van der Waals surface area (Å²) < 4.78 is 0. The third kappa shape index (κ3) is 3.29. The molecular weight excluding hydrogens is 301 g/mol. The van der Waals surface area contributed by atoms with Crippen LogP contribution in [0.1, 0.15) is 11.1 Å². The highest BCUT2D eigenvalue weighted by Crippen LogP contribution is 2.31. The van der Waals surface area contributed by atoms with Gasteiger partial charge in [-0.05, 0) is 35.4 Å². The number of non-ortho nitro benzene ring substituents is 1. The van der Waals surface area contributed by atoms with Gasteiger partial charge in [0, 0.05) is 22.2 Å². The van der Waals surface area contributed by atoms with Crippen molar-refractivity contribution < 1.29 is 10.0 Å². The quantitative estimate of drug-likeness (QED) is 0.486. The van der Waals surface area contributed by atoms with E-state index in [1.165, 1.54) is 24.3 Å². The number of hydrogen-bond acceptors (Lipinski definition) is 3. The molecule has 0 radical (unpaired) electrons. The second kappa shape index (κ2) is 5.94. The molecule has 20 heavy (non-hydrogen) atoms. The van der Waals surface area contributed by atoms with Gasteiger partial charge in [-0.2, -0.15) is 0 Å². The molecule has 0 saturated heterocycles. The van der Waals surface area contributed by atoms with Crippen molar-refractivity contribution in [1.82, 2.24) is 0 Å². The summed E-state index contributed by atoms with van der Waals surface area (Å²) >= 11 is 11.5. The van der Waals surface area contributed by atoms with Crippen molar-refractivity contribution in [3.8, 4) is 5.75 Å². The van der Waals surface area contributed by atoms with Crippen LogP contribution in [0.5, 0.6) is 5.75 Å². The van der Waals surface area contributed by atoms with Crippen LogP contribution >= 0.6 is 23.2 Å². The van der Waals surface area contributed by atoms with E-state index in [4.69, 9.17) is 23.2 Å². The molecule has 0 saturated carbocycles. The lowest BCUT2D eigenvalue weighted by atomic mass is 10.1. The largest absolute Gasteiger partial charge is 0.870 e. The van der Waals surface area contributed by atoms with Crippen molar-refractivity contribution in [3.63, 3.8) is 0 Å². The first-order valence-electron chi connectivity index (χ1n) is 5.56. The van der Waals surface area contributed by atoms with Crippen LogP contribution in [0.25, 0.3) is 12.2 Å². The minimum absolute atomic E-state index is 0.0314. The van der Waals surface area contributed by atoms with Gasteiger partial charge in [0.25, 0.3) is 5.69 Å². The van der Waals surface area contributed by atoms with Gasteiger partial charge in [0.15, 0.2) is 0 Å². The zero-order valence-electron chi connectivity index (χ0n) is 10.0. The van der Waals surface area contributed by atoms with Gasteiger partial charge in [0.2, 0.25) is 0 Å². The monoisotopic (exact) mass is 308 g/mol. The molecule has 0 aliphatic rings. The number of nitro groups is 1. The Morgan fingerprint density at radius 2 is 1.45 bits per heavy atom. The van der Waals surface area contributed by atoms with E-state index >= 15 is 0 Å². The predicted octanol–water partition coefficient (Wildman–Crippen LogP) is 4.15. The third-order valence-electron chi connectivity index (χ3n) is 2.59. The molecule has 102 valence electrons. The summed E-state index contributed by atoms with van der Waals surface area (Å²) in [7, 11) is 0. The van der Waals surface area contributed by atoms with E-state index in [1.54, 1.807) is 24.3 Å². The molecule has 2 aromatic carbocycles. The van der Waals surface area contributed by atoms with Crippen LogP contribution in [0.15, 0.2) is 36.4 Å². The molecule has 0 spiro atoms. The number of nitrogens with zero attached hydrogens (tertiary/aromatic N) is 1. The van der Waals surface area contributed by atoms with Crippen LogP contribution in [0, 0.1) is 10.1 Å². The van der Waals surface area contributed by atoms with Gasteiger partial charge in [0.1, 0.15) is 0 Å². The van der Waals surface area contributed by atoms with Crippen molar-refractivity contribution in [2.45, 2.75) is 0 Å². The maximum Gasteiger partial charge on any atom is 0.269 e. The second-order valence-corrected chi connectivity index (χ2v) is 4.81. The Bertz CT molecular complexity index is 658. The summed E-state index contributed by atoms with van der Waals surface area (Å²) in [6.45, 7) is 0. The highest BCUT2D eigenvalue weighted by molar-refractivity contribution is 6.37. The van der Waals surface area contributed by atoms with Crippen LogP contribution in [-0.2, 0) is 0 Å². The van der Waals surface area contributed by atoms with Crippen LogP contribution in [-0.4, -0.2) is 4.92 Å². The molecule has 0 aromatic heterocycles. The van der Waals surface area contributed by atoms with Crippen molar-refractivity contribution in [1.29, 1.82) is 0 Å². The van der Waals surface area contributed by atoms with Gasteiger partial charge in [0.05, 0.1) is 4.92 Å². The van der Waals surface area contributed by atoms with Gasteiger partial charge >= 0.3 is 0 Å². The Morgan fingerprint density at radius 3 is 1.95 bits per heavy atom. The molecule has 0 unspecified atom stereocenters. The van der Waals surface area contributed by atoms with Gasteiger partial charge in [-0.25, -0.2) is 0 Å². The van der Waals surface area contributed by atoms with Crippen LogP contribution < -0.4 is 5.11 Å². The van der Waals surface area contributed by atoms with E-state index in [9.17, 15) is 15.2 Å². The average Bonchev–Trinajstić information content (AvgIpc) is 2.42. The van der Waals surface area contributed by atoms with Crippen molar-refractivity contribution in [2.75, 3.05) is 0 Å². The molecule has 6 heteroatoms. The zero-order chi connectivity index (χ0) is 14.7. The van der Waals surface area contributed by atoms with E-state index in [2.05, 4.69) is 0 Å². The number of rotatable bonds is 3.